The second-order valence-electron chi connectivity index (χ2n) is 4.83. The summed E-state index contributed by atoms with van der Waals surface area (Å²) in [4.78, 5) is 0. The minimum absolute atomic E-state index is 0.308. The third kappa shape index (κ3) is 4.44. The Morgan fingerprint density at radius 3 is 2.24 bits per heavy atom. The summed E-state index contributed by atoms with van der Waals surface area (Å²) >= 11 is 3.55. The maximum atomic E-state index is 10.1. The van der Waals surface area contributed by atoms with Gasteiger partial charge in [0.1, 0.15) is 0 Å². The molecule has 0 aliphatic rings. The second-order valence-corrected chi connectivity index (χ2v) is 5.63. The number of aryl methyl sites for hydroxylation is 2. The molecule has 1 nitrogen and oxygen atoms in total. The molecule has 1 unspecified atom stereocenters. The first-order valence-corrected chi connectivity index (χ1v) is 7.30. The number of aliphatic hydroxyl groups is 1. The van der Waals surface area contributed by atoms with Crippen molar-refractivity contribution in [3.8, 4) is 0 Å². The molecular formula is C15H23BrO. The van der Waals surface area contributed by atoms with Gasteiger partial charge in [-0.1, -0.05) is 60.7 Å². The van der Waals surface area contributed by atoms with E-state index in [0.29, 0.717) is 0 Å². The van der Waals surface area contributed by atoms with Gasteiger partial charge in [-0.25, -0.2) is 0 Å². The summed E-state index contributed by atoms with van der Waals surface area (Å²) in [5.74, 6) is 0. The van der Waals surface area contributed by atoms with E-state index in [0.717, 1.165) is 22.9 Å². The zero-order valence-corrected chi connectivity index (χ0v) is 12.7. The van der Waals surface area contributed by atoms with E-state index in [1.54, 1.807) is 0 Å². The lowest BCUT2D eigenvalue weighted by Crippen LogP contribution is -1.99. The van der Waals surface area contributed by atoms with Crippen molar-refractivity contribution >= 4 is 15.9 Å². The molecule has 0 saturated heterocycles. The lowest BCUT2D eigenvalue weighted by molar-refractivity contribution is 0.163. The molecule has 0 saturated carbocycles. The smallest absolute Gasteiger partial charge is 0.0790 e. The summed E-state index contributed by atoms with van der Waals surface area (Å²) < 4.78 is 1.15. The number of hydrogen-bond acceptors (Lipinski definition) is 1. The van der Waals surface area contributed by atoms with E-state index in [2.05, 4.69) is 48.8 Å². The molecule has 2 heteroatoms. The quantitative estimate of drug-likeness (QED) is 0.727. The van der Waals surface area contributed by atoms with Crippen LogP contribution in [0.5, 0.6) is 0 Å². The van der Waals surface area contributed by atoms with Gasteiger partial charge in [0.2, 0.25) is 0 Å². The highest BCUT2D eigenvalue weighted by molar-refractivity contribution is 9.10. The molecular weight excluding hydrogens is 276 g/mol. The Balaban J connectivity index is 2.60. The Morgan fingerprint density at radius 2 is 1.71 bits per heavy atom. The van der Waals surface area contributed by atoms with Crippen molar-refractivity contribution < 1.29 is 5.11 Å². The van der Waals surface area contributed by atoms with Gasteiger partial charge < -0.3 is 5.11 Å². The van der Waals surface area contributed by atoms with Crippen molar-refractivity contribution in [2.24, 2.45) is 0 Å². The zero-order chi connectivity index (χ0) is 12.8. The monoisotopic (exact) mass is 298 g/mol. The molecule has 17 heavy (non-hydrogen) atoms. The van der Waals surface area contributed by atoms with Crippen LogP contribution in [0.2, 0.25) is 0 Å². The number of halogens is 1. The van der Waals surface area contributed by atoms with Crippen LogP contribution in [0.25, 0.3) is 0 Å². The fourth-order valence-corrected chi connectivity index (χ4v) is 2.33. The van der Waals surface area contributed by atoms with Crippen molar-refractivity contribution in [1.82, 2.24) is 0 Å². The van der Waals surface area contributed by atoms with E-state index in [9.17, 15) is 5.11 Å². The van der Waals surface area contributed by atoms with E-state index >= 15 is 0 Å². The molecule has 0 aliphatic carbocycles. The molecule has 1 atom stereocenters. The average molecular weight is 299 g/mol. The molecule has 0 spiro atoms. The van der Waals surface area contributed by atoms with Crippen molar-refractivity contribution in [3.63, 3.8) is 0 Å². The van der Waals surface area contributed by atoms with E-state index in [1.165, 1.54) is 30.4 Å². The molecule has 0 radical (unpaired) electrons. The highest BCUT2D eigenvalue weighted by Crippen LogP contribution is 2.27. The van der Waals surface area contributed by atoms with Gasteiger partial charge in [-0.3, -0.25) is 0 Å². The van der Waals surface area contributed by atoms with Crippen molar-refractivity contribution in [1.29, 1.82) is 0 Å². The summed E-state index contributed by atoms with van der Waals surface area (Å²) in [6, 6.07) is 4.17. The van der Waals surface area contributed by atoms with Crippen LogP contribution in [-0.2, 0) is 0 Å². The number of hydrogen-bond donors (Lipinski definition) is 1. The minimum atomic E-state index is -0.308. The SMILES string of the molecule is CCCCCCC(O)c1cc(C)c(Br)c(C)c1. The molecule has 0 heterocycles. The van der Waals surface area contributed by atoms with Gasteiger partial charge in [0, 0.05) is 4.47 Å². The average Bonchev–Trinajstić information content (AvgIpc) is 2.30. The molecule has 1 N–H and O–H groups in total. The van der Waals surface area contributed by atoms with E-state index in [1.807, 2.05) is 0 Å². The third-order valence-electron chi connectivity index (χ3n) is 3.17. The number of rotatable bonds is 6. The molecule has 1 rings (SSSR count). The van der Waals surface area contributed by atoms with Gasteiger partial charge >= 0.3 is 0 Å². The Hall–Kier alpha value is -0.340. The van der Waals surface area contributed by atoms with Gasteiger partial charge in [0.25, 0.3) is 0 Å². The van der Waals surface area contributed by atoms with Crippen LogP contribution in [0.1, 0.15) is 61.8 Å². The summed E-state index contributed by atoms with van der Waals surface area (Å²) in [5.41, 5.74) is 3.46. The predicted octanol–water partition coefficient (Wildman–Crippen LogP) is 5.07. The van der Waals surface area contributed by atoms with Gasteiger partial charge in [0.05, 0.1) is 6.10 Å². The molecule has 1 aromatic rings. The van der Waals surface area contributed by atoms with Crippen molar-refractivity contribution in [3.05, 3.63) is 33.3 Å². The number of aliphatic hydroxyl groups excluding tert-OH is 1. The van der Waals surface area contributed by atoms with Gasteiger partial charge in [-0.15, -0.1) is 0 Å². The van der Waals surface area contributed by atoms with Crippen molar-refractivity contribution in [2.45, 2.75) is 59.0 Å². The standard InChI is InChI=1S/C15H23BrO/c1-4-5-6-7-8-14(17)13-9-11(2)15(16)12(3)10-13/h9-10,14,17H,4-8H2,1-3H3. The van der Waals surface area contributed by atoms with Crippen LogP contribution in [0.15, 0.2) is 16.6 Å². The highest BCUT2D eigenvalue weighted by atomic mass is 79.9. The molecule has 0 amide bonds. The summed E-state index contributed by atoms with van der Waals surface area (Å²) in [6.07, 6.45) is 5.42. The fraction of sp³-hybridized carbons (Fsp3) is 0.600. The van der Waals surface area contributed by atoms with Crippen molar-refractivity contribution in [2.75, 3.05) is 0 Å². The van der Waals surface area contributed by atoms with Gasteiger partial charge in [-0.05, 0) is 37.0 Å². The topological polar surface area (TPSA) is 20.2 Å². The van der Waals surface area contributed by atoms with Crippen LogP contribution in [0.4, 0.5) is 0 Å². The first-order valence-electron chi connectivity index (χ1n) is 6.51. The van der Waals surface area contributed by atoms with Crippen LogP contribution >= 0.6 is 15.9 Å². The summed E-state index contributed by atoms with van der Waals surface area (Å²) in [5, 5.41) is 10.1. The van der Waals surface area contributed by atoms with Crippen LogP contribution < -0.4 is 0 Å². The maximum absolute atomic E-state index is 10.1. The largest absolute Gasteiger partial charge is 0.388 e. The zero-order valence-electron chi connectivity index (χ0n) is 11.1. The Labute approximate surface area is 113 Å². The van der Waals surface area contributed by atoms with Gasteiger partial charge in [0.15, 0.2) is 0 Å². The van der Waals surface area contributed by atoms with Crippen LogP contribution in [0.3, 0.4) is 0 Å². The van der Waals surface area contributed by atoms with Gasteiger partial charge in [-0.2, -0.15) is 0 Å². The molecule has 0 bridgehead atoms. The molecule has 1 aromatic carbocycles. The molecule has 96 valence electrons. The fourth-order valence-electron chi connectivity index (χ4n) is 2.10. The minimum Gasteiger partial charge on any atom is -0.388 e. The van der Waals surface area contributed by atoms with E-state index < -0.39 is 0 Å². The Morgan fingerprint density at radius 1 is 1.12 bits per heavy atom. The first kappa shape index (κ1) is 14.7. The highest BCUT2D eigenvalue weighted by Gasteiger charge is 2.10. The normalized spacial score (nSPS) is 12.8. The lowest BCUT2D eigenvalue weighted by atomic mass is 9.99. The van der Waals surface area contributed by atoms with E-state index in [4.69, 9.17) is 0 Å². The second kappa shape index (κ2) is 7.17. The van der Waals surface area contributed by atoms with Crippen LogP contribution in [-0.4, -0.2) is 5.11 Å². The molecule has 0 aliphatic heterocycles. The maximum Gasteiger partial charge on any atom is 0.0790 e. The van der Waals surface area contributed by atoms with Crippen LogP contribution in [0, 0.1) is 13.8 Å². The van der Waals surface area contributed by atoms with E-state index in [-0.39, 0.29) is 6.10 Å². The number of benzene rings is 1. The first-order chi connectivity index (χ1) is 8.06. The number of unbranched alkanes of at least 4 members (excludes halogenated alkanes) is 3. The summed E-state index contributed by atoms with van der Waals surface area (Å²) in [6.45, 7) is 6.35. The Bertz CT molecular complexity index is 337. The Kier molecular flexibility index (Phi) is 6.21. The molecule has 0 fully saturated rings. The molecule has 0 aromatic heterocycles. The predicted molar refractivity (Wildman–Crippen MR) is 77.3 cm³/mol. The third-order valence-corrected chi connectivity index (χ3v) is 4.43. The lowest BCUT2D eigenvalue weighted by Gasteiger charge is -2.14. The summed E-state index contributed by atoms with van der Waals surface area (Å²) in [7, 11) is 0.